The maximum atomic E-state index is 6.42. The van der Waals surface area contributed by atoms with Crippen molar-refractivity contribution in [2.24, 2.45) is 4.99 Å². The first-order chi connectivity index (χ1) is 11.1. The molecule has 0 fully saturated rings. The first-order valence-electron chi connectivity index (χ1n) is 7.47. The van der Waals surface area contributed by atoms with Crippen LogP contribution in [0.4, 0.5) is 0 Å². The summed E-state index contributed by atoms with van der Waals surface area (Å²) >= 11 is 6.42. The smallest absolute Gasteiger partial charge is 0.159 e. The number of hydrogen-bond donors (Lipinski definition) is 0. The summed E-state index contributed by atoms with van der Waals surface area (Å²) in [4.78, 5) is 4.80. The molecule has 5 heteroatoms. The van der Waals surface area contributed by atoms with E-state index in [1.54, 1.807) is 0 Å². The minimum absolute atomic E-state index is 0.481. The minimum Gasteiger partial charge on any atom is -0.281 e. The molecule has 1 aromatic heterocycles. The Labute approximate surface area is 139 Å². The summed E-state index contributed by atoms with van der Waals surface area (Å²) in [5.74, 6) is 1.70. The molecule has 4 nitrogen and oxygen atoms in total. The van der Waals surface area contributed by atoms with Crippen molar-refractivity contribution in [2.45, 2.75) is 20.4 Å². The van der Waals surface area contributed by atoms with Gasteiger partial charge in [-0.15, -0.1) is 10.2 Å². The molecule has 0 saturated carbocycles. The van der Waals surface area contributed by atoms with Crippen molar-refractivity contribution in [3.8, 4) is 5.69 Å². The molecule has 2 aromatic carbocycles. The van der Waals surface area contributed by atoms with E-state index in [-0.39, 0.29) is 0 Å². The molecule has 0 saturated heterocycles. The van der Waals surface area contributed by atoms with E-state index >= 15 is 0 Å². The molecule has 114 valence electrons. The number of fused-ring (bicyclic) bond motifs is 3. The van der Waals surface area contributed by atoms with Gasteiger partial charge >= 0.3 is 0 Å². The van der Waals surface area contributed by atoms with Crippen molar-refractivity contribution in [3.63, 3.8) is 0 Å². The number of aryl methyl sites for hydroxylation is 2. The fourth-order valence-corrected chi connectivity index (χ4v) is 3.20. The van der Waals surface area contributed by atoms with Gasteiger partial charge in [-0.25, -0.2) is 0 Å². The number of hydrogen-bond acceptors (Lipinski definition) is 3. The van der Waals surface area contributed by atoms with Gasteiger partial charge in [0.05, 0.1) is 11.4 Å². The quantitative estimate of drug-likeness (QED) is 0.682. The Balaban J connectivity index is 2.03. The average Bonchev–Trinajstić information content (AvgIpc) is 2.82. The first-order valence-corrected chi connectivity index (χ1v) is 7.84. The van der Waals surface area contributed by atoms with Crippen LogP contribution in [0.15, 0.2) is 47.5 Å². The van der Waals surface area contributed by atoms with Crippen molar-refractivity contribution < 1.29 is 0 Å². The second-order valence-corrected chi connectivity index (χ2v) is 6.07. The second-order valence-electron chi connectivity index (χ2n) is 5.66. The number of benzene rings is 2. The third-order valence-corrected chi connectivity index (χ3v) is 4.38. The Morgan fingerprint density at radius 1 is 1.00 bits per heavy atom. The van der Waals surface area contributed by atoms with Gasteiger partial charge in [-0.05, 0) is 32.0 Å². The molecular weight excluding hydrogens is 308 g/mol. The lowest BCUT2D eigenvalue weighted by Crippen LogP contribution is -2.09. The van der Waals surface area contributed by atoms with E-state index in [2.05, 4.69) is 39.9 Å². The highest BCUT2D eigenvalue weighted by atomic mass is 35.5. The van der Waals surface area contributed by atoms with Gasteiger partial charge in [0.2, 0.25) is 0 Å². The third kappa shape index (κ3) is 2.26. The van der Waals surface area contributed by atoms with Gasteiger partial charge in [-0.2, -0.15) is 0 Å². The van der Waals surface area contributed by atoms with Crippen molar-refractivity contribution >= 4 is 17.3 Å². The molecule has 0 N–H and O–H groups in total. The molecule has 0 unspecified atom stereocenters. The Morgan fingerprint density at radius 3 is 2.65 bits per heavy atom. The molecule has 1 aliphatic rings. The molecule has 1 aliphatic heterocycles. The van der Waals surface area contributed by atoms with Crippen LogP contribution in [0.1, 0.15) is 28.3 Å². The Bertz CT molecular complexity index is 940. The molecule has 0 aliphatic carbocycles. The molecular formula is C18H15ClN4. The summed E-state index contributed by atoms with van der Waals surface area (Å²) in [6, 6.07) is 14.2. The Morgan fingerprint density at radius 2 is 1.83 bits per heavy atom. The number of nitrogens with zero attached hydrogens (tertiary/aromatic N) is 4. The lowest BCUT2D eigenvalue weighted by molar-refractivity contribution is 0.861. The van der Waals surface area contributed by atoms with Crippen LogP contribution in [0.3, 0.4) is 0 Å². The summed E-state index contributed by atoms with van der Waals surface area (Å²) in [5, 5.41) is 9.16. The SMILES string of the molecule is Cc1ccc2c(c1)C(c1ccccc1Cl)=NCc1nnc(C)n1-2. The summed E-state index contributed by atoms with van der Waals surface area (Å²) in [6.45, 7) is 4.52. The van der Waals surface area contributed by atoms with E-state index in [0.717, 1.165) is 34.2 Å². The number of halogens is 1. The average molecular weight is 323 g/mol. The van der Waals surface area contributed by atoms with Crippen LogP contribution in [-0.2, 0) is 6.54 Å². The standard InChI is InChI=1S/C18H15ClN4/c1-11-7-8-16-14(9-11)18(13-5-3-4-6-15(13)19)20-10-17-22-21-12(2)23(16)17/h3-9H,10H2,1-2H3. The van der Waals surface area contributed by atoms with Crippen molar-refractivity contribution in [3.05, 3.63) is 75.8 Å². The van der Waals surface area contributed by atoms with Crippen LogP contribution in [0.25, 0.3) is 5.69 Å². The highest BCUT2D eigenvalue weighted by Gasteiger charge is 2.22. The van der Waals surface area contributed by atoms with Gasteiger partial charge in [0.25, 0.3) is 0 Å². The van der Waals surface area contributed by atoms with Crippen LogP contribution < -0.4 is 0 Å². The summed E-state index contributed by atoms with van der Waals surface area (Å²) < 4.78 is 2.07. The third-order valence-electron chi connectivity index (χ3n) is 4.05. The van der Waals surface area contributed by atoms with E-state index in [1.807, 2.05) is 31.2 Å². The first kappa shape index (κ1) is 14.2. The van der Waals surface area contributed by atoms with E-state index in [4.69, 9.17) is 16.6 Å². The molecule has 3 aromatic rings. The zero-order valence-electron chi connectivity index (χ0n) is 12.9. The predicted molar refractivity (Wildman–Crippen MR) is 91.6 cm³/mol. The second kappa shape index (κ2) is 5.32. The van der Waals surface area contributed by atoms with Crippen LogP contribution in [0.5, 0.6) is 0 Å². The van der Waals surface area contributed by atoms with Crippen molar-refractivity contribution in [2.75, 3.05) is 0 Å². The van der Waals surface area contributed by atoms with E-state index < -0.39 is 0 Å². The van der Waals surface area contributed by atoms with E-state index in [9.17, 15) is 0 Å². The zero-order chi connectivity index (χ0) is 16.0. The van der Waals surface area contributed by atoms with Gasteiger partial charge in [0.1, 0.15) is 12.4 Å². The maximum Gasteiger partial charge on any atom is 0.159 e. The van der Waals surface area contributed by atoms with Gasteiger partial charge < -0.3 is 0 Å². The molecule has 23 heavy (non-hydrogen) atoms. The highest BCUT2D eigenvalue weighted by molar-refractivity contribution is 6.35. The summed E-state index contributed by atoms with van der Waals surface area (Å²) in [7, 11) is 0. The van der Waals surface area contributed by atoms with E-state index in [0.29, 0.717) is 11.6 Å². The fourth-order valence-electron chi connectivity index (χ4n) is 2.97. The monoisotopic (exact) mass is 322 g/mol. The number of rotatable bonds is 1. The van der Waals surface area contributed by atoms with Gasteiger partial charge in [0, 0.05) is 16.1 Å². The summed E-state index contributed by atoms with van der Waals surface area (Å²) in [6.07, 6.45) is 0. The van der Waals surface area contributed by atoms with Crippen LogP contribution in [-0.4, -0.2) is 20.5 Å². The highest BCUT2D eigenvalue weighted by Crippen LogP contribution is 2.28. The number of aliphatic imine (C=N–C) groups is 1. The molecule has 0 radical (unpaired) electrons. The lowest BCUT2D eigenvalue weighted by atomic mass is 9.98. The van der Waals surface area contributed by atoms with Gasteiger partial charge in [-0.3, -0.25) is 9.56 Å². The predicted octanol–water partition coefficient (Wildman–Crippen LogP) is 3.89. The molecule has 0 spiro atoms. The Kier molecular flexibility index (Phi) is 3.27. The Hall–Kier alpha value is -2.46. The van der Waals surface area contributed by atoms with Crippen molar-refractivity contribution in [1.29, 1.82) is 0 Å². The molecule has 0 bridgehead atoms. The topological polar surface area (TPSA) is 43.1 Å². The molecule has 0 atom stereocenters. The number of aromatic nitrogens is 3. The molecule has 2 heterocycles. The molecule has 4 rings (SSSR count). The fraction of sp³-hybridized carbons (Fsp3) is 0.167. The van der Waals surface area contributed by atoms with Crippen LogP contribution in [0, 0.1) is 13.8 Å². The van der Waals surface area contributed by atoms with Crippen LogP contribution >= 0.6 is 11.6 Å². The van der Waals surface area contributed by atoms with Gasteiger partial charge in [-0.1, -0.05) is 41.4 Å². The summed E-state index contributed by atoms with van der Waals surface area (Å²) in [5.41, 5.74) is 5.12. The lowest BCUT2D eigenvalue weighted by Gasteiger charge is -2.14. The molecule has 0 amide bonds. The minimum atomic E-state index is 0.481. The van der Waals surface area contributed by atoms with Gasteiger partial charge in [0.15, 0.2) is 5.82 Å². The maximum absolute atomic E-state index is 6.42. The van der Waals surface area contributed by atoms with Crippen LogP contribution in [0.2, 0.25) is 5.02 Å². The normalized spacial score (nSPS) is 13.1. The zero-order valence-corrected chi connectivity index (χ0v) is 13.7. The largest absolute Gasteiger partial charge is 0.281 e. The van der Waals surface area contributed by atoms with E-state index in [1.165, 1.54) is 5.56 Å². The van der Waals surface area contributed by atoms with Crippen molar-refractivity contribution in [1.82, 2.24) is 14.8 Å².